The minimum absolute atomic E-state index is 0.0173. The molecule has 0 aliphatic heterocycles. The smallest absolute Gasteiger partial charge is 0.326 e. The van der Waals surface area contributed by atoms with E-state index in [0.717, 1.165) is 0 Å². The molecule has 1 heterocycles. The molecule has 0 aliphatic carbocycles. The molecule has 0 unspecified atom stereocenters. The molecule has 0 spiro atoms. The Bertz CT molecular complexity index is 1050. The van der Waals surface area contributed by atoms with Gasteiger partial charge in [0.05, 0.1) is 25.6 Å². The van der Waals surface area contributed by atoms with Gasteiger partial charge in [-0.25, -0.2) is 18.3 Å². The fourth-order valence-electron chi connectivity index (χ4n) is 3.03. The van der Waals surface area contributed by atoms with E-state index in [9.17, 15) is 32.4 Å². The van der Waals surface area contributed by atoms with Gasteiger partial charge in [-0.15, -0.1) is 5.10 Å². The number of H-pyrrole nitrogens is 1. The third kappa shape index (κ3) is 17.0. The molecule has 0 bridgehead atoms. The van der Waals surface area contributed by atoms with Crippen molar-refractivity contribution in [1.82, 2.24) is 41.3 Å². The summed E-state index contributed by atoms with van der Waals surface area (Å²) in [7, 11) is -2.44. The number of carboxylic acids is 1. The maximum Gasteiger partial charge on any atom is 0.326 e. The van der Waals surface area contributed by atoms with Crippen molar-refractivity contribution in [3.05, 3.63) is 5.82 Å². The number of ether oxygens (including phenoxy) is 2. The van der Waals surface area contributed by atoms with Crippen molar-refractivity contribution in [2.45, 2.75) is 51.0 Å². The van der Waals surface area contributed by atoms with Gasteiger partial charge in [0.1, 0.15) is 18.5 Å². The maximum atomic E-state index is 12.0. The average molecular weight is 593 g/mol. The number of aliphatic carboxylic acids is 1. The Hall–Kier alpha value is -3.71. The number of aromatic nitrogens is 4. The highest BCUT2D eigenvalue weighted by atomic mass is 32.2. The highest BCUT2D eigenvalue weighted by Gasteiger charge is 2.21. The number of carbonyl (C=O) groups excluding carboxylic acids is 4. The topological polar surface area (TPSA) is 261 Å². The number of tetrazole rings is 1. The Balaban J connectivity index is 2.05. The van der Waals surface area contributed by atoms with Gasteiger partial charge >= 0.3 is 5.97 Å². The fraction of sp³-hybridized carbons (Fsp3) is 0.714. The summed E-state index contributed by atoms with van der Waals surface area (Å²) in [6, 6.07) is -1.22. The zero-order valence-corrected chi connectivity index (χ0v) is 23.0. The number of amides is 4. The molecular formula is C21H36N8O10S. The highest BCUT2D eigenvalue weighted by Crippen LogP contribution is 2.00. The molecule has 1 rings (SSSR count). The van der Waals surface area contributed by atoms with Gasteiger partial charge in [-0.3, -0.25) is 23.9 Å². The first-order valence-corrected chi connectivity index (χ1v) is 14.1. The number of hydrogen-bond acceptors (Lipinski definition) is 12. The van der Waals surface area contributed by atoms with Crippen LogP contribution >= 0.6 is 0 Å². The molecule has 1 aromatic rings. The number of nitrogens with zero attached hydrogens (tertiary/aromatic N) is 3. The number of carboxylic acid groups (broad SMARTS) is 1. The van der Waals surface area contributed by atoms with Gasteiger partial charge in [-0.05, 0) is 29.7 Å². The predicted molar refractivity (Wildman–Crippen MR) is 136 cm³/mol. The Labute approximate surface area is 230 Å². The van der Waals surface area contributed by atoms with Crippen molar-refractivity contribution < 1.29 is 47.0 Å². The van der Waals surface area contributed by atoms with E-state index in [-0.39, 0.29) is 76.0 Å². The van der Waals surface area contributed by atoms with Crippen LogP contribution in [-0.4, -0.2) is 116 Å². The first-order chi connectivity index (χ1) is 19.0. The first kappa shape index (κ1) is 34.3. The largest absolute Gasteiger partial charge is 0.480 e. The summed E-state index contributed by atoms with van der Waals surface area (Å²) in [5, 5.41) is 29.3. The first-order valence-electron chi connectivity index (χ1n) is 12.4. The highest BCUT2D eigenvalue weighted by molar-refractivity contribution is 7.90. The van der Waals surface area contributed by atoms with E-state index in [4.69, 9.17) is 14.6 Å². The molecule has 40 heavy (non-hydrogen) atoms. The van der Waals surface area contributed by atoms with Crippen LogP contribution < -0.4 is 20.7 Å². The Kier molecular flexibility index (Phi) is 16.6. The third-order valence-corrected chi connectivity index (χ3v) is 6.40. The van der Waals surface area contributed by atoms with Crippen molar-refractivity contribution in [2.24, 2.45) is 0 Å². The van der Waals surface area contributed by atoms with E-state index in [1.54, 1.807) is 0 Å². The van der Waals surface area contributed by atoms with Crippen LogP contribution in [-0.2, 0) is 49.9 Å². The Morgan fingerprint density at radius 1 is 0.950 bits per heavy atom. The standard InChI is InChI=1S/C21H36N8O10S/c1-22-17(30)8-7-15(21(34)35)24-20(33)14-39-12-11-38-10-9-23-18(31)6-3-13-40(36,37)27-19(32)5-2-4-16-25-28-29-26-16/h15H,2-14H2,1H3,(H,22,30)(H,23,31)(H,24,33)(H,27,32)(H,34,35)(H,25,26,28,29)/t15-/m0/s1. The minimum Gasteiger partial charge on any atom is -0.480 e. The number of carbonyl (C=O) groups is 5. The molecule has 4 amide bonds. The van der Waals surface area contributed by atoms with Crippen LogP contribution in [0, 0.1) is 0 Å². The van der Waals surface area contributed by atoms with Gasteiger partial charge < -0.3 is 30.5 Å². The monoisotopic (exact) mass is 592 g/mol. The number of nitrogens with one attached hydrogen (secondary N) is 5. The van der Waals surface area contributed by atoms with Crippen LogP contribution in [0.15, 0.2) is 0 Å². The van der Waals surface area contributed by atoms with Crippen LogP contribution in [0.5, 0.6) is 0 Å². The zero-order valence-electron chi connectivity index (χ0n) is 22.1. The van der Waals surface area contributed by atoms with Crippen molar-refractivity contribution in [3.63, 3.8) is 0 Å². The van der Waals surface area contributed by atoms with Gasteiger partial charge in [-0.1, -0.05) is 0 Å². The van der Waals surface area contributed by atoms with Crippen molar-refractivity contribution in [3.8, 4) is 0 Å². The molecule has 0 aliphatic rings. The minimum atomic E-state index is -3.86. The van der Waals surface area contributed by atoms with Gasteiger partial charge in [0.25, 0.3) is 0 Å². The number of hydrogen-bond donors (Lipinski definition) is 6. The van der Waals surface area contributed by atoms with E-state index < -0.39 is 40.5 Å². The Morgan fingerprint density at radius 2 is 1.68 bits per heavy atom. The summed E-state index contributed by atoms with van der Waals surface area (Å²) in [5.74, 6) is -3.20. The summed E-state index contributed by atoms with van der Waals surface area (Å²) >= 11 is 0. The molecule has 1 aromatic heterocycles. The van der Waals surface area contributed by atoms with Crippen LogP contribution in [0.4, 0.5) is 0 Å². The van der Waals surface area contributed by atoms with Crippen LogP contribution in [0.1, 0.15) is 44.3 Å². The lowest BCUT2D eigenvalue weighted by atomic mass is 10.1. The molecule has 0 saturated carbocycles. The molecule has 19 heteroatoms. The summed E-state index contributed by atoms with van der Waals surface area (Å²) in [4.78, 5) is 57.9. The van der Waals surface area contributed by atoms with E-state index in [1.165, 1.54) is 7.05 Å². The van der Waals surface area contributed by atoms with E-state index in [2.05, 4.69) is 36.6 Å². The third-order valence-electron chi connectivity index (χ3n) is 5.04. The lowest BCUT2D eigenvalue weighted by Gasteiger charge is -2.14. The van der Waals surface area contributed by atoms with Gasteiger partial charge in [0.2, 0.25) is 33.7 Å². The summed E-state index contributed by atoms with van der Waals surface area (Å²) in [5.41, 5.74) is 0. The van der Waals surface area contributed by atoms with Crippen molar-refractivity contribution in [1.29, 1.82) is 0 Å². The molecule has 18 nitrogen and oxygen atoms in total. The van der Waals surface area contributed by atoms with Gasteiger partial charge in [0, 0.05) is 39.3 Å². The number of sulfonamides is 1. The number of rotatable bonds is 22. The van der Waals surface area contributed by atoms with Crippen molar-refractivity contribution in [2.75, 3.05) is 45.8 Å². The second kappa shape index (κ2) is 19.4. The SMILES string of the molecule is CNC(=O)CC[C@H](NC(=O)COCCOCCNC(=O)CCCS(=O)(=O)NC(=O)CCCc1nnn[nH]1)C(=O)O. The van der Waals surface area contributed by atoms with E-state index >= 15 is 0 Å². The lowest BCUT2D eigenvalue weighted by molar-refractivity contribution is -0.143. The van der Waals surface area contributed by atoms with Gasteiger partial charge in [-0.2, -0.15) is 0 Å². The van der Waals surface area contributed by atoms with Crippen molar-refractivity contribution >= 4 is 39.6 Å². The normalized spacial score (nSPS) is 11.8. The molecule has 0 fully saturated rings. The van der Waals surface area contributed by atoms with Crippen LogP contribution in [0.25, 0.3) is 0 Å². The predicted octanol–water partition coefficient (Wildman–Crippen LogP) is -3.01. The molecule has 1 atom stereocenters. The fourth-order valence-corrected chi connectivity index (χ4v) is 4.10. The average Bonchev–Trinajstić information content (AvgIpc) is 3.40. The summed E-state index contributed by atoms with van der Waals surface area (Å²) in [6.07, 6.45) is 0.568. The van der Waals surface area contributed by atoms with E-state index in [1.807, 2.05) is 4.72 Å². The van der Waals surface area contributed by atoms with Crippen LogP contribution in [0.2, 0.25) is 0 Å². The molecular weight excluding hydrogens is 556 g/mol. The second-order valence-corrected chi connectivity index (χ2v) is 10.2. The number of aromatic amines is 1. The lowest BCUT2D eigenvalue weighted by Crippen LogP contribution is -2.43. The maximum absolute atomic E-state index is 12.0. The molecule has 0 saturated heterocycles. The molecule has 226 valence electrons. The van der Waals surface area contributed by atoms with Crippen LogP contribution in [0.3, 0.4) is 0 Å². The summed E-state index contributed by atoms with van der Waals surface area (Å²) < 4.78 is 36.3. The quantitative estimate of drug-likeness (QED) is 0.0734. The zero-order chi connectivity index (χ0) is 29.8. The molecule has 0 aromatic carbocycles. The Morgan fingerprint density at radius 3 is 2.35 bits per heavy atom. The molecule has 6 N–H and O–H groups in total. The van der Waals surface area contributed by atoms with Gasteiger partial charge in [0.15, 0.2) is 0 Å². The number of aryl methyl sites for hydroxylation is 1. The second-order valence-electron chi connectivity index (χ2n) is 8.33. The van der Waals surface area contributed by atoms with E-state index in [0.29, 0.717) is 18.7 Å². The molecule has 0 radical (unpaired) electrons. The summed E-state index contributed by atoms with van der Waals surface area (Å²) in [6.45, 7) is 0.0523.